The average Bonchev–Trinajstić information content (AvgIpc) is 1.57. The summed E-state index contributed by atoms with van der Waals surface area (Å²) in [5, 5.41) is 67.4. The Morgan fingerprint density at radius 1 is 0.405 bits per heavy atom. The molecule has 13 heterocycles. The summed E-state index contributed by atoms with van der Waals surface area (Å²) < 4.78 is 79.6. The molecule has 3 aromatic heterocycles. The van der Waals surface area contributed by atoms with E-state index in [1.54, 1.807) is 57.5 Å². The van der Waals surface area contributed by atoms with Crippen molar-refractivity contribution in [2.45, 2.75) is 155 Å². The highest BCUT2D eigenvalue weighted by Gasteiger charge is 2.59. The quantitative estimate of drug-likeness (QED) is 0.0927. The molecule has 0 amide bonds. The van der Waals surface area contributed by atoms with Crippen molar-refractivity contribution in [3.05, 3.63) is 254 Å². The smallest absolute Gasteiger partial charge is 0.374 e. The van der Waals surface area contributed by atoms with Gasteiger partial charge in [0.05, 0.1) is 50.8 Å². The lowest BCUT2D eigenvalue weighted by Crippen LogP contribution is -2.48. The van der Waals surface area contributed by atoms with Crippen molar-refractivity contribution in [2.75, 3.05) is 57.2 Å². The Kier molecular flexibility index (Phi) is 22.8. The van der Waals surface area contributed by atoms with Gasteiger partial charge < -0.3 is 50.0 Å². The van der Waals surface area contributed by atoms with Gasteiger partial charge in [-0.15, -0.1) is 34.0 Å². The maximum absolute atomic E-state index is 13.3. The van der Waals surface area contributed by atoms with Gasteiger partial charge in [-0.2, -0.15) is 31.6 Å². The topological polar surface area (TPSA) is 288 Å². The molecule has 126 heavy (non-hydrogen) atoms. The molecule has 10 aromatic rings. The van der Waals surface area contributed by atoms with E-state index in [0.29, 0.717) is 117 Å². The second-order valence-electron chi connectivity index (χ2n) is 32.7. The molecule has 5 atom stereocenters. The number of Topliss-reactive ketones (excluding diaryl/α,β-unsaturated/α-hetero) is 5. The number of nitrogens with zero attached hydrogens (tertiary/aromatic N) is 11. The number of alkyl halides is 6. The Balaban J connectivity index is 0.000000116. The summed E-state index contributed by atoms with van der Waals surface area (Å²) in [4.78, 5) is 99.5. The van der Waals surface area contributed by atoms with Crippen LogP contribution < -0.4 is 24.5 Å². The van der Waals surface area contributed by atoms with Crippen molar-refractivity contribution in [1.29, 1.82) is 5.26 Å². The van der Waals surface area contributed by atoms with Crippen LogP contribution >= 0.6 is 57.2 Å². The van der Waals surface area contributed by atoms with E-state index in [-0.39, 0.29) is 75.5 Å². The molecule has 648 valence electrons. The number of halogens is 8. The van der Waals surface area contributed by atoms with Crippen LogP contribution in [0.5, 0.6) is 0 Å². The molecule has 0 aliphatic carbocycles. The van der Waals surface area contributed by atoms with Crippen molar-refractivity contribution in [2.24, 2.45) is 25.0 Å². The van der Waals surface area contributed by atoms with Crippen LogP contribution in [0.3, 0.4) is 0 Å². The fourth-order valence-electron chi connectivity index (χ4n) is 17.3. The third-order valence-corrected chi connectivity index (χ3v) is 28.7. The number of amidine groups is 5. The number of nitriles is 1. The van der Waals surface area contributed by atoms with Gasteiger partial charge in [-0.3, -0.25) is 24.0 Å². The largest absolute Gasteiger partial charge is 0.416 e. The third-order valence-electron chi connectivity index (χ3n) is 24.6. The molecule has 5 fully saturated rings. The highest BCUT2D eigenvalue weighted by atomic mass is 35.5. The number of aryl methyl sites for hydroxylation is 9. The molecular formula is C94H83Cl2F6N11O10S3. The minimum absolute atomic E-state index is 0.000499. The van der Waals surface area contributed by atoms with Crippen LogP contribution in [0.2, 0.25) is 10.0 Å². The van der Waals surface area contributed by atoms with Crippen molar-refractivity contribution in [3.8, 4) is 6.07 Å². The number of benzene rings is 7. The number of hydrogen-bond donors (Lipinski definition) is 5. The number of carbonyl (C=O) groups excluding carboxylic acids is 5. The number of carbonyl (C=O) groups is 5. The molecule has 0 spiro atoms. The maximum atomic E-state index is 13.3. The first-order chi connectivity index (χ1) is 59.5. The minimum atomic E-state index is -4.56. The molecule has 0 bridgehead atoms. The lowest BCUT2D eigenvalue weighted by atomic mass is 9.86. The van der Waals surface area contributed by atoms with E-state index in [1.807, 2.05) is 148 Å². The average molecular weight is 1810 g/mol. The Bertz CT molecular complexity index is 6490. The van der Waals surface area contributed by atoms with Gasteiger partial charge in [0.1, 0.15) is 26.7 Å². The maximum Gasteiger partial charge on any atom is 0.416 e. The molecule has 0 radical (unpaired) electrons. The van der Waals surface area contributed by atoms with Crippen molar-refractivity contribution in [1.82, 2.24) is 0 Å². The first-order valence-corrected chi connectivity index (χ1v) is 43.9. The lowest BCUT2D eigenvalue weighted by molar-refractivity contribution is -0.138. The second kappa shape index (κ2) is 32.6. The van der Waals surface area contributed by atoms with Crippen molar-refractivity contribution >= 4 is 170 Å². The van der Waals surface area contributed by atoms with Crippen LogP contribution in [0.15, 0.2) is 171 Å². The van der Waals surface area contributed by atoms with Gasteiger partial charge in [-0.05, 0) is 217 Å². The number of aliphatic hydroxyl groups is 5. The van der Waals surface area contributed by atoms with Crippen LogP contribution in [-0.4, -0.2) is 144 Å². The van der Waals surface area contributed by atoms with E-state index in [9.17, 15) is 75.8 Å². The summed E-state index contributed by atoms with van der Waals surface area (Å²) in [6.07, 6.45) is -6.11. The summed E-state index contributed by atoms with van der Waals surface area (Å²) >= 11 is 16.7. The zero-order valence-corrected chi connectivity index (χ0v) is 73.7. The van der Waals surface area contributed by atoms with Gasteiger partial charge in [0.2, 0.25) is 28.9 Å². The fraction of sp³-hybridized carbons (Fsp3) is 0.309. The van der Waals surface area contributed by atoms with Crippen LogP contribution in [-0.2, 0) is 25.2 Å². The van der Waals surface area contributed by atoms with E-state index in [1.165, 1.54) is 48.2 Å². The zero-order valence-electron chi connectivity index (χ0n) is 69.8. The third kappa shape index (κ3) is 15.2. The van der Waals surface area contributed by atoms with E-state index in [2.05, 4.69) is 38.0 Å². The number of aliphatic imine (C=N–C) groups is 5. The summed E-state index contributed by atoms with van der Waals surface area (Å²) in [6, 6.07) is 43.6. The SMILES string of the molecule is CCc1cc2c(s1)N=C1N(c3ccc(C#N)c(C)c3)CC[C@@]1(O)C2=O.CCc1cc2c(s1)N=C1N(c3ccc(C)cc3)CC[C@@]1(O)C2=O.Cc1ccc(N2CC[C@@]3(O)C(=O)c4cc(C)c(C(F)(F)F)cc4N=C23)cc1Cl.Cc1cccc(N2CC[C@@]3(O)C(=O)c4cc(C)c(C(F)(F)F)cc4N=C23)c1.Cc1sc2c(c1C)C(=O)[C@]1(O)CCN(c3ccc(Cl)cc3)C1=N2. The standard InChI is InChI=1S/C20H16ClF3N2O2.C20H17F3N2O2.C19H17N3O2S.C18H18N2O2S.C17H15ClN2O2S/c1-10-3-4-12(8-15(10)21)26-6-5-19(28)17(27)13-7-11(2)14(20(22,23)24)9-16(13)25-18(19)26;1-11-4-3-5-13(8-11)25-7-6-19(27)17(26)14-9-12(2)15(20(21,22)23)10-16(14)24-18(19)25;1-3-14-9-15-16(23)19(24)6-7-22(18(19)21-17(15)25-14)13-5-4-12(10-20)11(2)8-13;1-3-13-10-14-15(21)18(22)8-9-20(17(18)19-16(14)23-13)12-6-4-11(2)5-7-12;1-9-10(2)23-15-13(9)14(21)17(22)7-8-20(16(17)19-15)12-5-3-11(18)4-6-12/h3-4,7-9,28H,5-6H2,1-2H3;3-5,8-10,27H,6-7H2,1-2H3;4-5,8-9,24H,3,6-7H2,1-2H3;4-7,10,22H,3,8-9H2,1-2H3;3-6,22H,7-8H2,1-2H3/t3*19-;18-;17-/m11111/s1. The molecule has 5 N–H and O–H groups in total. The van der Waals surface area contributed by atoms with Gasteiger partial charge in [-0.1, -0.05) is 72.9 Å². The Morgan fingerprint density at radius 3 is 1.20 bits per heavy atom. The monoisotopic (exact) mass is 1810 g/mol. The van der Waals surface area contributed by atoms with E-state index in [0.717, 1.165) is 95.7 Å². The first kappa shape index (κ1) is 88.2. The molecule has 10 aliphatic rings. The molecule has 32 heteroatoms. The zero-order chi connectivity index (χ0) is 90.3. The van der Waals surface area contributed by atoms with E-state index in [4.69, 9.17) is 28.5 Å². The van der Waals surface area contributed by atoms with E-state index >= 15 is 0 Å². The summed E-state index contributed by atoms with van der Waals surface area (Å²) in [5.41, 5.74) is 0.976. The van der Waals surface area contributed by atoms with Crippen LogP contribution in [0.25, 0.3) is 0 Å². The second-order valence-corrected chi connectivity index (χ2v) is 37.0. The molecule has 10 aliphatic heterocycles. The van der Waals surface area contributed by atoms with Crippen LogP contribution in [0, 0.1) is 66.7 Å². The highest BCUT2D eigenvalue weighted by molar-refractivity contribution is 7.17. The molecule has 0 unspecified atom stereocenters. The number of hydrogen-bond acceptors (Lipinski definition) is 24. The number of fused-ring (bicyclic) bond motifs is 10. The number of ketones is 5. The highest BCUT2D eigenvalue weighted by Crippen LogP contribution is 2.51. The predicted octanol–water partition coefficient (Wildman–Crippen LogP) is 19.8. The van der Waals surface area contributed by atoms with Crippen LogP contribution in [0.1, 0.15) is 168 Å². The van der Waals surface area contributed by atoms with Gasteiger partial charge in [0.25, 0.3) is 0 Å². The molecule has 21 nitrogen and oxygen atoms in total. The number of rotatable bonds is 7. The van der Waals surface area contributed by atoms with Crippen LogP contribution in [0.4, 0.5) is 81.2 Å². The summed E-state index contributed by atoms with van der Waals surface area (Å²) in [5.74, 6) is -0.500. The molecule has 20 rings (SSSR count). The molecule has 5 saturated heterocycles. The van der Waals surface area contributed by atoms with E-state index < -0.39 is 63.1 Å². The normalized spacial score (nSPS) is 22.1. The Morgan fingerprint density at radius 2 is 0.786 bits per heavy atom. The number of anilines is 5. The van der Waals surface area contributed by atoms with Gasteiger partial charge in [0.15, 0.2) is 45.5 Å². The van der Waals surface area contributed by atoms with Gasteiger partial charge in [-0.25, -0.2) is 25.0 Å². The lowest BCUT2D eigenvalue weighted by Gasteiger charge is -2.30. The molecule has 0 saturated carbocycles. The van der Waals surface area contributed by atoms with Crippen molar-refractivity contribution < 1.29 is 75.8 Å². The minimum Gasteiger partial charge on any atom is -0.374 e. The summed E-state index contributed by atoms with van der Waals surface area (Å²) in [7, 11) is 0. The fourth-order valence-corrected chi connectivity index (χ4v) is 20.6. The Hall–Kier alpha value is -11.2. The Labute approximate surface area is 742 Å². The molecule has 7 aromatic carbocycles. The molecular weight excluding hydrogens is 1720 g/mol. The van der Waals surface area contributed by atoms with Gasteiger partial charge >= 0.3 is 12.4 Å². The predicted molar refractivity (Wildman–Crippen MR) is 481 cm³/mol. The summed E-state index contributed by atoms with van der Waals surface area (Å²) in [6.45, 7) is 20.5. The van der Waals surface area contributed by atoms with Gasteiger partial charge in [0, 0.05) is 129 Å². The first-order valence-electron chi connectivity index (χ1n) is 40.7. The van der Waals surface area contributed by atoms with Crippen molar-refractivity contribution in [3.63, 3.8) is 0 Å². The number of thiophene rings is 3.